The van der Waals surface area contributed by atoms with Crippen LogP contribution in [-0.4, -0.2) is 18.1 Å². The molecule has 0 saturated heterocycles. The van der Waals surface area contributed by atoms with Crippen LogP contribution in [0.1, 0.15) is 19.2 Å². The van der Waals surface area contributed by atoms with Gasteiger partial charge >= 0.3 is 0 Å². The molecule has 0 aliphatic rings. The highest BCUT2D eigenvalue weighted by Gasteiger charge is 2.08. The first-order chi connectivity index (χ1) is 9.20. The van der Waals surface area contributed by atoms with E-state index in [0.717, 1.165) is 51.7 Å². The Labute approximate surface area is 131 Å². The molecule has 5 heteroatoms. The molecule has 0 radical (unpaired) electrons. The number of hydrogen-bond acceptors (Lipinski definition) is 3. The lowest BCUT2D eigenvalue weighted by Gasteiger charge is -2.00. The van der Waals surface area contributed by atoms with Crippen molar-refractivity contribution in [2.24, 2.45) is 0 Å². The molecule has 0 saturated carbocycles. The van der Waals surface area contributed by atoms with E-state index in [1.54, 1.807) is 6.20 Å². The van der Waals surface area contributed by atoms with Gasteiger partial charge in [-0.05, 0) is 54.2 Å². The van der Waals surface area contributed by atoms with Crippen molar-refractivity contribution in [1.82, 2.24) is 10.3 Å². The monoisotopic (exact) mass is 390 g/mol. The van der Waals surface area contributed by atoms with E-state index in [1.165, 1.54) is 0 Å². The third kappa shape index (κ3) is 4.19. The zero-order valence-electron chi connectivity index (χ0n) is 10.7. The summed E-state index contributed by atoms with van der Waals surface area (Å²) in [4.78, 5) is 4.30. The van der Waals surface area contributed by atoms with E-state index in [1.807, 2.05) is 18.2 Å². The van der Waals surface area contributed by atoms with Crippen LogP contribution in [0.25, 0.3) is 11.3 Å². The number of halogens is 2. The average molecular weight is 391 g/mol. The lowest BCUT2D eigenvalue weighted by Crippen LogP contribution is -2.14. The maximum absolute atomic E-state index is 6.11. The molecule has 3 nitrogen and oxygen atoms in total. The predicted molar refractivity (Wildman–Crippen MR) is 86.5 cm³/mol. The summed E-state index contributed by atoms with van der Waals surface area (Å²) in [5.74, 6) is 1.55. The molecule has 0 spiro atoms. The van der Waals surface area contributed by atoms with Crippen LogP contribution >= 0.6 is 34.2 Å². The molecule has 0 aliphatic heterocycles. The van der Waals surface area contributed by atoms with Crippen LogP contribution in [0.5, 0.6) is 0 Å². The zero-order chi connectivity index (χ0) is 13.7. The summed E-state index contributed by atoms with van der Waals surface area (Å²) >= 11 is 8.32. The number of rotatable bonds is 6. The third-order valence-electron chi connectivity index (χ3n) is 2.75. The van der Waals surface area contributed by atoms with Gasteiger partial charge in [0.15, 0.2) is 11.7 Å². The quantitative estimate of drug-likeness (QED) is 0.595. The minimum absolute atomic E-state index is 0.739. The highest BCUT2D eigenvalue weighted by atomic mass is 127. The number of nitrogens with one attached hydrogen (secondary N) is 1. The van der Waals surface area contributed by atoms with E-state index >= 15 is 0 Å². The molecule has 0 atom stereocenters. The Hall–Kier alpha value is -0.590. The number of aryl methyl sites for hydroxylation is 1. The SMILES string of the molecule is CCNCCCc1ncc(-c2ccc(I)c(Cl)c2)o1. The van der Waals surface area contributed by atoms with Crippen molar-refractivity contribution in [1.29, 1.82) is 0 Å². The smallest absolute Gasteiger partial charge is 0.194 e. The highest BCUT2D eigenvalue weighted by molar-refractivity contribution is 14.1. The first-order valence-corrected chi connectivity index (χ1v) is 7.77. The molecular weight excluding hydrogens is 375 g/mol. The maximum Gasteiger partial charge on any atom is 0.194 e. The molecule has 1 aromatic heterocycles. The van der Waals surface area contributed by atoms with Crippen molar-refractivity contribution in [2.45, 2.75) is 19.8 Å². The van der Waals surface area contributed by atoms with E-state index in [2.05, 4.69) is 39.8 Å². The molecule has 1 N–H and O–H groups in total. The van der Waals surface area contributed by atoms with E-state index in [9.17, 15) is 0 Å². The molecule has 0 bridgehead atoms. The molecule has 0 amide bonds. The fourth-order valence-electron chi connectivity index (χ4n) is 1.75. The molecule has 1 aromatic carbocycles. The highest BCUT2D eigenvalue weighted by Crippen LogP contribution is 2.27. The van der Waals surface area contributed by atoms with Crippen LogP contribution in [0.3, 0.4) is 0 Å². The van der Waals surface area contributed by atoms with Crippen molar-refractivity contribution >= 4 is 34.2 Å². The number of hydrogen-bond donors (Lipinski definition) is 1. The number of benzene rings is 1. The fraction of sp³-hybridized carbons (Fsp3) is 0.357. The summed E-state index contributed by atoms with van der Waals surface area (Å²) in [7, 11) is 0. The second-order valence-corrected chi connectivity index (χ2v) is 5.77. The van der Waals surface area contributed by atoms with Gasteiger partial charge in [-0.3, -0.25) is 0 Å². The summed E-state index contributed by atoms with van der Waals surface area (Å²) in [6.45, 7) is 4.09. The maximum atomic E-state index is 6.11. The van der Waals surface area contributed by atoms with Crippen LogP contribution in [0.15, 0.2) is 28.8 Å². The average Bonchev–Trinajstić information content (AvgIpc) is 2.87. The van der Waals surface area contributed by atoms with Crippen molar-refractivity contribution < 1.29 is 4.42 Å². The lowest BCUT2D eigenvalue weighted by molar-refractivity contribution is 0.493. The Morgan fingerprint density at radius 1 is 1.42 bits per heavy atom. The lowest BCUT2D eigenvalue weighted by atomic mass is 10.2. The molecule has 2 aromatic rings. The zero-order valence-corrected chi connectivity index (χ0v) is 13.7. The predicted octanol–water partition coefficient (Wildman–Crippen LogP) is 4.14. The van der Waals surface area contributed by atoms with Crippen molar-refractivity contribution in [3.05, 3.63) is 38.9 Å². The van der Waals surface area contributed by atoms with Crippen molar-refractivity contribution in [3.8, 4) is 11.3 Å². The van der Waals surface area contributed by atoms with Gasteiger partial charge in [-0.1, -0.05) is 24.6 Å². The summed E-state index contributed by atoms with van der Waals surface area (Å²) in [5.41, 5.74) is 0.968. The van der Waals surface area contributed by atoms with Crippen LogP contribution < -0.4 is 5.32 Å². The summed E-state index contributed by atoms with van der Waals surface area (Å²) in [6.07, 6.45) is 3.65. The Balaban J connectivity index is 2.01. The molecule has 0 aliphatic carbocycles. The van der Waals surface area contributed by atoms with Gasteiger partial charge in [0.05, 0.1) is 11.2 Å². The molecule has 2 rings (SSSR count). The van der Waals surface area contributed by atoms with Gasteiger partial charge in [0, 0.05) is 15.6 Å². The largest absolute Gasteiger partial charge is 0.441 e. The third-order valence-corrected chi connectivity index (χ3v) is 4.32. The van der Waals surface area contributed by atoms with Gasteiger partial charge in [0.25, 0.3) is 0 Å². The normalized spacial score (nSPS) is 10.9. The molecule has 1 heterocycles. The minimum Gasteiger partial charge on any atom is -0.441 e. The fourth-order valence-corrected chi connectivity index (χ4v) is 2.27. The van der Waals surface area contributed by atoms with Gasteiger partial charge in [-0.15, -0.1) is 0 Å². The standard InChI is InChI=1S/C14H16ClIN2O/c1-2-17-7-3-4-14-18-9-13(19-14)10-5-6-12(16)11(15)8-10/h5-6,8-9,17H,2-4,7H2,1H3. The van der Waals surface area contributed by atoms with Gasteiger partial charge in [-0.2, -0.15) is 0 Å². The molecular formula is C14H16ClIN2O. The second kappa shape index (κ2) is 7.26. The van der Waals surface area contributed by atoms with E-state index < -0.39 is 0 Å². The number of aromatic nitrogens is 1. The van der Waals surface area contributed by atoms with Crippen LogP contribution in [0.4, 0.5) is 0 Å². The first-order valence-electron chi connectivity index (χ1n) is 6.31. The molecule has 19 heavy (non-hydrogen) atoms. The number of nitrogens with zero attached hydrogens (tertiary/aromatic N) is 1. The first kappa shape index (κ1) is 14.8. The second-order valence-electron chi connectivity index (χ2n) is 4.20. The van der Waals surface area contributed by atoms with Gasteiger partial charge in [0.2, 0.25) is 0 Å². The van der Waals surface area contributed by atoms with Gasteiger partial charge in [0.1, 0.15) is 0 Å². The van der Waals surface area contributed by atoms with Crippen LogP contribution in [0, 0.1) is 3.57 Å². The molecule has 102 valence electrons. The van der Waals surface area contributed by atoms with Crippen LogP contribution in [0.2, 0.25) is 5.02 Å². The Bertz CT molecular complexity index is 542. The van der Waals surface area contributed by atoms with Crippen LogP contribution in [-0.2, 0) is 6.42 Å². The Morgan fingerprint density at radius 3 is 3.00 bits per heavy atom. The van der Waals surface area contributed by atoms with E-state index in [4.69, 9.17) is 16.0 Å². The van der Waals surface area contributed by atoms with Crippen molar-refractivity contribution in [3.63, 3.8) is 0 Å². The Morgan fingerprint density at radius 2 is 2.26 bits per heavy atom. The molecule has 0 fully saturated rings. The summed E-state index contributed by atoms with van der Waals surface area (Å²) < 4.78 is 6.78. The van der Waals surface area contributed by atoms with Crippen molar-refractivity contribution in [2.75, 3.05) is 13.1 Å². The van der Waals surface area contributed by atoms with E-state index in [-0.39, 0.29) is 0 Å². The van der Waals surface area contributed by atoms with Gasteiger partial charge < -0.3 is 9.73 Å². The topological polar surface area (TPSA) is 38.1 Å². The Kier molecular flexibility index (Phi) is 5.66. The number of oxazole rings is 1. The summed E-state index contributed by atoms with van der Waals surface area (Å²) in [6, 6.07) is 5.88. The minimum atomic E-state index is 0.739. The summed E-state index contributed by atoms with van der Waals surface area (Å²) in [5, 5.41) is 4.02. The molecule has 0 unspecified atom stereocenters. The van der Waals surface area contributed by atoms with Gasteiger partial charge in [-0.25, -0.2) is 4.98 Å². The van der Waals surface area contributed by atoms with E-state index in [0.29, 0.717) is 0 Å².